The molecule has 2 heterocycles. The van der Waals surface area contributed by atoms with Crippen molar-refractivity contribution in [3.63, 3.8) is 0 Å². The standard InChI is InChI=1S/C14H18N4/c1-14(2)7-11(15)10-9-17-18(12(10)8-14)13-5-3-4-6-16-13/h3-6,9,11H,7-8,15H2,1-2H3. The second-order valence-electron chi connectivity index (χ2n) is 5.80. The summed E-state index contributed by atoms with van der Waals surface area (Å²) in [6, 6.07) is 5.95. The minimum absolute atomic E-state index is 0.0845. The molecule has 0 amide bonds. The van der Waals surface area contributed by atoms with E-state index in [9.17, 15) is 0 Å². The Morgan fingerprint density at radius 1 is 1.39 bits per heavy atom. The molecule has 3 rings (SSSR count). The highest BCUT2D eigenvalue weighted by Gasteiger charge is 2.33. The molecule has 0 saturated heterocycles. The number of hydrogen-bond acceptors (Lipinski definition) is 3. The summed E-state index contributed by atoms with van der Waals surface area (Å²) in [6.45, 7) is 4.51. The molecule has 2 N–H and O–H groups in total. The van der Waals surface area contributed by atoms with Crippen LogP contribution in [0.25, 0.3) is 5.82 Å². The Morgan fingerprint density at radius 3 is 2.94 bits per heavy atom. The van der Waals surface area contributed by atoms with Gasteiger partial charge in [-0.25, -0.2) is 9.67 Å². The lowest BCUT2D eigenvalue weighted by Crippen LogP contribution is -2.30. The van der Waals surface area contributed by atoms with Crippen molar-refractivity contribution in [2.75, 3.05) is 0 Å². The van der Waals surface area contributed by atoms with E-state index >= 15 is 0 Å². The van der Waals surface area contributed by atoms with Crippen LogP contribution in [0, 0.1) is 5.41 Å². The Morgan fingerprint density at radius 2 is 2.22 bits per heavy atom. The van der Waals surface area contributed by atoms with Crippen LogP contribution in [0.2, 0.25) is 0 Å². The number of aromatic nitrogens is 3. The first kappa shape index (κ1) is 11.4. The molecule has 2 aromatic rings. The highest BCUT2D eigenvalue weighted by molar-refractivity contribution is 5.33. The number of hydrogen-bond donors (Lipinski definition) is 1. The first-order chi connectivity index (χ1) is 8.57. The zero-order valence-corrected chi connectivity index (χ0v) is 10.8. The molecule has 94 valence electrons. The summed E-state index contributed by atoms with van der Waals surface area (Å²) in [5.41, 5.74) is 8.83. The van der Waals surface area contributed by atoms with E-state index in [0.717, 1.165) is 18.7 Å². The Balaban J connectivity index is 2.10. The lowest BCUT2D eigenvalue weighted by Gasteiger charge is -2.33. The second-order valence-corrected chi connectivity index (χ2v) is 5.80. The Bertz CT molecular complexity index is 556. The molecule has 4 nitrogen and oxygen atoms in total. The summed E-state index contributed by atoms with van der Waals surface area (Å²) in [6.07, 6.45) is 5.68. The topological polar surface area (TPSA) is 56.7 Å². The van der Waals surface area contributed by atoms with Crippen molar-refractivity contribution in [3.05, 3.63) is 41.9 Å². The first-order valence-corrected chi connectivity index (χ1v) is 6.31. The average molecular weight is 242 g/mol. The Kier molecular flexibility index (Phi) is 2.48. The average Bonchev–Trinajstić information content (AvgIpc) is 2.72. The predicted molar refractivity (Wildman–Crippen MR) is 70.4 cm³/mol. The van der Waals surface area contributed by atoms with Crippen LogP contribution < -0.4 is 5.73 Å². The van der Waals surface area contributed by atoms with Gasteiger partial charge in [-0.3, -0.25) is 0 Å². The summed E-state index contributed by atoms with van der Waals surface area (Å²) in [5.74, 6) is 0.864. The van der Waals surface area contributed by atoms with Crippen LogP contribution in [-0.4, -0.2) is 14.8 Å². The van der Waals surface area contributed by atoms with Crippen molar-refractivity contribution in [2.24, 2.45) is 11.1 Å². The van der Waals surface area contributed by atoms with Gasteiger partial charge in [0.2, 0.25) is 0 Å². The molecule has 0 aromatic carbocycles. The highest BCUT2D eigenvalue weighted by Crippen LogP contribution is 2.39. The molecule has 0 radical (unpaired) electrons. The van der Waals surface area contributed by atoms with E-state index in [4.69, 9.17) is 5.73 Å². The molecule has 4 heteroatoms. The van der Waals surface area contributed by atoms with Gasteiger partial charge < -0.3 is 5.73 Å². The third-order valence-electron chi connectivity index (χ3n) is 3.59. The lowest BCUT2D eigenvalue weighted by molar-refractivity contribution is 0.277. The molecule has 1 atom stereocenters. The fourth-order valence-electron chi connectivity index (χ4n) is 2.78. The van der Waals surface area contributed by atoms with Gasteiger partial charge >= 0.3 is 0 Å². The van der Waals surface area contributed by atoms with Crippen LogP contribution >= 0.6 is 0 Å². The molecule has 1 aliphatic carbocycles. The SMILES string of the molecule is CC1(C)Cc2c(cnn2-c2ccccn2)C(N)C1. The van der Waals surface area contributed by atoms with E-state index in [-0.39, 0.29) is 11.5 Å². The molecule has 0 saturated carbocycles. The molecule has 0 aliphatic heterocycles. The predicted octanol–water partition coefficient (Wildman–Crippen LogP) is 2.24. The van der Waals surface area contributed by atoms with Gasteiger partial charge in [0.05, 0.1) is 11.9 Å². The van der Waals surface area contributed by atoms with Crippen LogP contribution in [0.15, 0.2) is 30.6 Å². The van der Waals surface area contributed by atoms with E-state index in [1.807, 2.05) is 29.1 Å². The molecular weight excluding hydrogens is 224 g/mol. The lowest BCUT2D eigenvalue weighted by atomic mass is 9.75. The monoisotopic (exact) mass is 242 g/mol. The third-order valence-corrected chi connectivity index (χ3v) is 3.59. The zero-order valence-electron chi connectivity index (χ0n) is 10.8. The molecule has 18 heavy (non-hydrogen) atoms. The Hall–Kier alpha value is -1.68. The van der Waals surface area contributed by atoms with Gasteiger partial charge in [-0.05, 0) is 30.4 Å². The minimum Gasteiger partial charge on any atom is -0.324 e. The highest BCUT2D eigenvalue weighted by atomic mass is 15.3. The van der Waals surface area contributed by atoms with Gasteiger partial charge in [0.15, 0.2) is 5.82 Å². The van der Waals surface area contributed by atoms with E-state index < -0.39 is 0 Å². The summed E-state index contributed by atoms with van der Waals surface area (Å²) >= 11 is 0. The van der Waals surface area contributed by atoms with Gasteiger partial charge in [-0.1, -0.05) is 19.9 Å². The van der Waals surface area contributed by atoms with Crippen molar-refractivity contribution < 1.29 is 0 Å². The molecule has 0 spiro atoms. The molecule has 0 bridgehead atoms. The van der Waals surface area contributed by atoms with Gasteiger partial charge in [-0.15, -0.1) is 0 Å². The molecule has 0 fully saturated rings. The molecule has 1 unspecified atom stereocenters. The van der Waals surface area contributed by atoms with E-state index in [2.05, 4.69) is 23.9 Å². The summed E-state index contributed by atoms with van der Waals surface area (Å²) in [7, 11) is 0. The van der Waals surface area contributed by atoms with Crippen LogP contribution in [0.5, 0.6) is 0 Å². The fourth-order valence-corrected chi connectivity index (χ4v) is 2.78. The van der Waals surface area contributed by atoms with Crippen LogP contribution in [0.4, 0.5) is 0 Å². The van der Waals surface area contributed by atoms with Crippen LogP contribution in [-0.2, 0) is 6.42 Å². The van der Waals surface area contributed by atoms with Crippen molar-refractivity contribution in [1.29, 1.82) is 0 Å². The Labute approximate surface area is 107 Å². The maximum Gasteiger partial charge on any atom is 0.153 e. The van der Waals surface area contributed by atoms with Gasteiger partial charge in [0.25, 0.3) is 0 Å². The van der Waals surface area contributed by atoms with Crippen LogP contribution in [0.3, 0.4) is 0 Å². The van der Waals surface area contributed by atoms with Crippen LogP contribution in [0.1, 0.15) is 37.6 Å². The van der Waals surface area contributed by atoms with Gasteiger partial charge in [0, 0.05) is 17.8 Å². The molecular formula is C14H18N4. The van der Waals surface area contributed by atoms with Crippen molar-refractivity contribution in [2.45, 2.75) is 32.7 Å². The van der Waals surface area contributed by atoms with Gasteiger partial charge in [0.1, 0.15) is 0 Å². The summed E-state index contributed by atoms with van der Waals surface area (Å²) in [5, 5.41) is 4.46. The zero-order chi connectivity index (χ0) is 12.8. The van der Waals surface area contributed by atoms with E-state index in [1.54, 1.807) is 6.20 Å². The third kappa shape index (κ3) is 1.82. The first-order valence-electron chi connectivity index (χ1n) is 6.31. The summed E-state index contributed by atoms with van der Waals surface area (Å²) in [4.78, 5) is 4.36. The second kappa shape index (κ2) is 3.92. The van der Waals surface area contributed by atoms with Crippen molar-refractivity contribution in [1.82, 2.24) is 14.8 Å². The summed E-state index contributed by atoms with van der Waals surface area (Å²) < 4.78 is 1.93. The number of fused-ring (bicyclic) bond motifs is 1. The van der Waals surface area contributed by atoms with Crippen molar-refractivity contribution in [3.8, 4) is 5.82 Å². The number of pyridine rings is 1. The van der Waals surface area contributed by atoms with Gasteiger partial charge in [-0.2, -0.15) is 5.10 Å². The minimum atomic E-state index is 0.0845. The quantitative estimate of drug-likeness (QED) is 0.834. The number of nitrogens with zero attached hydrogens (tertiary/aromatic N) is 3. The van der Waals surface area contributed by atoms with E-state index in [0.29, 0.717) is 0 Å². The number of rotatable bonds is 1. The molecule has 1 aliphatic rings. The maximum absolute atomic E-state index is 6.24. The maximum atomic E-state index is 6.24. The van der Waals surface area contributed by atoms with E-state index in [1.165, 1.54) is 11.3 Å². The largest absolute Gasteiger partial charge is 0.324 e. The molecule has 2 aromatic heterocycles. The van der Waals surface area contributed by atoms with Crippen molar-refractivity contribution >= 4 is 0 Å². The fraction of sp³-hybridized carbons (Fsp3) is 0.429. The smallest absolute Gasteiger partial charge is 0.153 e. The number of nitrogens with two attached hydrogens (primary N) is 1. The normalized spacial score (nSPS) is 21.6.